The van der Waals surface area contributed by atoms with Gasteiger partial charge in [-0.3, -0.25) is 9.59 Å². The molecule has 9 nitrogen and oxygen atoms in total. The summed E-state index contributed by atoms with van der Waals surface area (Å²) in [7, 11) is 0. The first-order chi connectivity index (χ1) is 15.0. The van der Waals surface area contributed by atoms with Crippen molar-refractivity contribution in [1.29, 1.82) is 5.26 Å². The smallest absolute Gasteiger partial charge is 0.337 e. The molecule has 1 saturated heterocycles. The van der Waals surface area contributed by atoms with Gasteiger partial charge in [-0.25, -0.2) is 4.79 Å². The largest absolute Gasteiger partial charge is 0.478 e. The SMILES string of the molecule is N#Cc1ccc(NC(=O)c2cc3cccc(NC(=O)[C@@H]4CCCN4)c3[nH]2)c(C(=O)O)c1. The van der Waals surface area contributed by atoms with Crippen molar-refractivity contribution >= 4 is 40.1 Å². The molecule has 1 aliphatic heterocycles. The van der Waals surface area contributed by atoms with E-state index in [-0.39, 0.29) is 34.5 Å². The van der Waals surface area contributed by atoms with E-state index >= 15 is 0 Å². The Hall–Kier alpha value is -4.16. The highest BCUT2D eigenvalue weighted by Crippen LogP contribution is 2.25. The summed E-state index contributed by atoms with van der Waals surface area (Å²) in [5.74, 6) is -1.93. The summed E-state index contributed by atoms with van der Waals surface area (Å²) >= 11 is 0. The van der Waals surface area contributed by atoms with Gasteiger partial charge >= 0.3 is 5.97 Å². The van der Waals surface area contributed by atoms with E-state index in [2.05, 4.69) is 20.9 Å². The first kappa shape index (κ1) is 20.1. The molecule has 0 bridgehead atoms. The van der Waals surface area contributed by atoms with Gasteiger partial charge in [0, 0.05) is 5.39 Å². The number of anilines is 2. The number of H-pyrrole nitrogens is 1. The van der Waals surface area contributed by atoms with Crippen LogP contribution in [0.2, 0.25) is 0 Å². The number of hydrogen-bond donors (Lipinski definition) is 5. The summed E-state index contributed by atoms with van der Waals surface area (Å²) < 4.78 is 0. The van der Waals surface area contributed by atoms with Gasteiger partial charge in [-0.2, -0.15) is 5.26 Å². The highest BCUT2D eigenvalue weighted by Gasteiger charge is 2.23. The number of hydrogen-bond acceptors (Lipinski definition) is 5. The Kier molecular flexibility index (Phi) is 5.39. The quantitative estimate of drug-likeness (QED) is 0.431. The molecule has 0 aliphatic carbocycles. The minimum absolute atomic E-state index is 0.0796. The molecule has 1 fully saturated rings. The van der Waals surface area contributed by atoms with Crippen molar-refractivity contribution in [2.24, 2.45) is 0 Å². The Labute approximate surface area is 177 Å². The van der Waals surface area contributed by atoms with Gasteiger partial charge in [-0.05, 0) is 49.7 Å². The number of aromatic carboxylic acids is 1. The van der Waals surface area contributed by atoms with E-state index in [0.29, 0.717) is 11.2 Å². The topological polar surface area (TPSA) is 147 Å². The molecule has 1 aliphatic rings. The lowest BCUT2D eigenvalue weighted by atomic mass is 10.1. The highest BCUT2D eigenvalue weighted by molar-refractivity contribution is 6.10. The molecule has 31 heavy (non-hydrogen) atoms. The summed E-state index contributed by atoms with van der Waals surface area (Å²) in [5, 5.41) is 27.7. The third-order valence-corrected chi connectivity index (χ3v) is 5.16. The van der Waals surface area contributed by atoms with Gasteiger partial charge in [0.2, 0.25) is 5.91 Å². The molecule has 1 aromatic heterocycles. The van der Waals surface area contributed by atoms with Crippen molar-refractivity contribution in [3.05, 3.63) is 59.3 Å². The van der Waals surface area contributed by atoms with Crippen molar-refractivity contribution < 1.29 is 19.5 Å². The molecule has 2 aromatic carbocycles. The van der Waals surface area contributed by atoms with Crippen LogP contribution in [0.5, 0.6) is 0 Å². The number of rotatable bonds is 5. The van der Waals surface area contributed by atoms with Crippen LogP contribution in [-0.2, 0) is 4.79 Å². The second-order valence-electron chi connectivity index (χ2n) is 7.22. The molecule has 0 saturated carbocycles. The van der Waals surface area contributed by atoms with E-state index in [9.17, 15) is 19.5 Å². The molecule has 156 valence electrons. The van der Waals surface area contributed by atoms with Crippen LogP contribution in [0.25, 0.3) is 10.9 Å². The average molecular weight is 417 g/mol. The van der Waals surface area contributed by atoms with Crippen LogP contribution in [0.3, 0.4) is 0 Å². The molecule has 0 spiro atoms. The maximum absolute atomic E-state index is 12.8. The number of aromatic amines is 1. The van der Waals surface area contributed by atoms with Crippen molar-refractivity contribution in [3.8, 4) is 6.07 Å². The fourth-order valence-corrected chi connectivity index (χ4v) is 3.60. The predicted molar refractivity (Wildman–Crippen MR) is 114 cm³/mol. The number of amides is 2. The van der Waals surface area contributed by atoms with Crippen LogP contribution in [0.15, 0.2) is 42.5 Å². The molecule has 3 aromatic rings. The Morgan fingerprint density at radius 3 is 2.65 bits per heavy atom. The van der Waals surface area contributed by atoms with Gasteiger partial charge in [0.15, 0.2) is 0 Å². The molecule has 0 radical (unpaired) electrons. The number of fused-ring (bicyclic) bond motifs is 1. The van der Waals surface area contributed by atoms with Crippen LogP contribution < -0.4 is 16.0 Å². The van der Waals surface area contributed by atoms with Gasteiger partial charge in [0.25, 0.3) is 5.91 Å². The maximum atomic E-state index is 12.8. The lowest BCUT2D eigenvalue weighted by Gasteiger charge is -2.11. The number of nitrogens with one attached hydrogen (secondary N) is 4. The summed E-state index contributed by atoms with van der Waals surface area (Å²) in [4.78, 5) is 39.7. The van der Waals surface area contributed by atoms with Crippen molar-refractivity contribution in [3.63, 3.8) is 0 Å². The van der Waals surface area contributed by atoms with E-state index in [1.807, 2.05) is 6.07 Å². The van der Waals surface area contributed by atoms with Crippen LogP contribution in [0.1, 0.15) is 39.3 Å². The fourth-order valence-electron chi connectivity index (χ4n) is 3.60. The Morgan fingerprint density at radius 2 is 1.94 bits per heavy atom. The van der Waals surface area contributed by atoms with Gasteiger partial charge in [0.1, 0.15) is 5.69 Å². The number of carboxylic acid groups (broad SMARTS) is 1. The van der Waals surface area contributed by atoms with Crippen molar-refractivity contribution in [1.82, 2.24) is 10.3 Å². The third-order valence-electron chi connectivity index (χ3n) is 5.16. The summed E-state index contributed by atoms with van der Waals surface area (Å²) in [5.41, 5.74) is 1.43. The third kappa shape index (κ3) is 4.10. The number of benzene rings is 2. The van der Waals surface area contributed by atoms with E-state index in [1.54, 1.807) is 24.3 Å². The number of carbonyl (C=O) groups is 3. The standard InChI is InChI=1S/C22H19N5O4/c23-11-12-6-7-15(14(9-12)22(30)31)26-21(29)18-10-13-3-1-4-16(19(13)25-18)27-20(28)17-5-2-8-24-17/h1,3-4,6-7,9-10,17,24-25H,2,5,8H2,(H,26,29)(H,27,28)(H,30,31)/t17-/m0/s1. The van der Waals surface area contributed by atoms with Crippen LogP contribution in [0.4, 0.5) is 11.4 Å². The average Bonchev–Trinajstić information content (AvgIpc) is 3.44. The van der Waals surface area contributed by atoms with Crippen LogP contribution in [-0.4, -0.2) is 40.5 Å². The van der Waals surface area contributed by atoms with E-state index in [4.69, 9.17) is 5.26 Å². The number of carbonyl (C=O) groups excluding carboxylic acids is 2. The fraction of sp³-hybridized carbons (Fsp3) is 0.182. The van der Waals surface area contributed by atoms with Gasteiger partial charge in [-0.1, -0.05) is 12.1 Å². The van der Waals surface area contributed by atoms with Gasteiger partial charge < -0.3 is 26.0 Å². The van der Waals surface area contributed by atoms with E-state index in [0.717, 1.165) is 24.8 Å². The second kappa shape index (κ2) is 8.30. The number of nitriles is 1. The number of aromatic nitrogens is 1. The number of para-hydroxylation sites is 1. The van der Waals surface area contributed by atoms with Crippen molar-refractivity contribution in [2.75, 3.05) is 17.2 Å². The lowest BCUT2D eigenvalue weighted by Crippen LogP contribution is -2.35. The molecule has 9 heteroatoms. The van der Waals surface area contributed by atoms with Gasteiger partial charge in [-0.15, -0.1) is 0 Å². The first-order valence-electron chi connectivity index (χ1n) is 9.71. The zero-order valence-electron chi connectivity index (χ0n) is 16.4. The van der Waals surface area contributed by atoms with E-state index < -0.39 is 11.9 Å². The molecule has 1 atom stereocenters. The molecule has 5 N–H and O–H groups in total. The number of nitrogens with zero attached hydrogens (tertiary/aromatic N) is 1. The first-order valence-corrected chi connectivity index (χ1v) is 9.71. The minimum atomic E-state index is -1.26. The molecule has 2 heterocycles. The maximum Gasteiger partial charge on any atom is 0.337 e. The minimum Gasteiger partial charge on any atom is -0.478 e. The second-order valence-corrected chi connectivity index (χ2v) is 7.22. The van der Waals surface area contributed by atoms with Crippen molar-refractivity contribution in [2.45, 2.75) is 18.9 Å². The Bertz CT molecular complexity index is 1230. The van der Waals surface area contributed by atoms with Gasteiger partial charge in [0.05, 0.1) is 40.1 Å². The highest BCUT2D eigenvalue weighted by atomic mass is 16.4. The Morgan fingerprint density at radius 1 is 1.10 bits per heavy atom. The monoisotopic (exact) mass is 417 g/mol. The molecule has 0 unspecified atom stereocenters. The zero-order valence-corrected chi connectivity index (χ0v) is 16.4. The Balaban J connectivity index is 1.59. The molecule has 4 rings (SSSR count). The van der Waals surface area contributed by atoms with Crippen LogP contribution in [0, 0.1) is 11.3 Å². The lowest BCUT2D eigenvalue weighted by molar-refractivity contribution is -0.117. The van der Waals surface area contributed by atoms with Crippen LogP contribution >= 0.6 is 0 Å². The summed E-state index contributed by atoms with van der Waals surface area (Å²) in [6.07, 6.45) is 1.72. The summed E-state index contributed by atoms with van der Waals surface area (Å²) in [6, 6.07) is 12.6. The molecular weight excluding hydrogens is 398 g/mol. The normalized spacial score (nSPS) is 15.4. The van der Waals surface area contributed by atoms with E-state index in [1.165, 1.54) is 18.2 Å². The summed E-state index contributed by atoms with van der Waals surface area (Å²) in [6.45, 7) is 0.808. The molecule has 2 amide bonds. The predicted octanol–water partition coefficient (Wildman–Crippen LogP) is 2.68. The molecular formula is C22H19N5O4. The number of carboxylic acids is 1. The zero-order chi connectivity index (χ0) is 22.0.